The van der Waals surface area contributed by atoms with Gasteiger partial charge in [-0.15, -0.1) is 0 Å². The van der Waals surface area contributed by atoms with E-state index in [-0.39, 0.29) is 30.8 Å². The molecule has 0 radical (unpaired) electrons. The van der Waals surface area contributed by atoms with Crippen molar-refractivity contribution in [3.05, 3.63) is 84.0 Å². The van der Waals surface area contributed by atoms with Crippen LogP contribution in [0, 0.1) is 5.92 Å². The van der Waals surface area contributed by atoms with E-state index in [1.807, 2.05) is 48.5 Å². The van der Waals surface area contributed by atoms with Crippen LogP contribution in [-0.4, -0.2) is 44.3 Å². The van der Waals surface area contributed by atoms with Crippen LogP contribution in [0.5, 0.6) is 5.75 Å². The van der Waals surface area contributed by atoms with Gasteiger partial charge in [0.1, 0.15) is 11.4 Å². The van der Waals surface area contributed by atoms with Gasteiger partial charge in [-0.25, -0.2) is 9.97 Å². The summed E-state index contributed by atoms with van der Waals surface area (Å²) in [5, 5.41) is 13.2. The Kier molecular flexibility index (Phi) is 7.44. The number of benzene rings is 2. The average molecular weight is 540 g/mol. The molecule has 0 amide bonds. The fraction of sp³-hybridized carbons (Fsp3) is 0.296. The van der Waals surface area contributed by atoms with Gasteiger partial charge in [0.05, 0.1) is 0 Å². The highest BCUT2D eigenvalue weighted by molar-refractivity contribution is 5.66. The number of carboxylic acids is 1. The minimum Gasteiger partial charge on any atom is -0.484 e. The van der Waals surface area contributed by atoms with E-state index < -0.39 is 17.8 Å². The smallest absolute Gasteiger partial charge is 0.433 e. The minimum absolute atomic E-state index is 0.0364. The first-order valence-corrected chi connectivity index (χ1v) is 12.2. The topological polar surface area (TPSA) is 114 Å². The van der Waals surface area contributed by atoms with Gasteiger partial charge in [0.15, 0.2) is 6.61 Å². The maximum absolute atomic E-state index is 13.2. The summed E-state index contributed by atoms with van der Waals surface area (Å²) in [4.78, 5) is 25.1. The van der Waals surface area contributed by atoms with E-state index in [0.717, 1.165) is 23.4 Å². The molecule has 1 saturated heterocycles. The molecule has 1 aliphatic rings. The number of alkyl halides is 3. The van der Waals surface area contributed by atoms with Crippen molar-refractivity contribution >= 4 is 11.9 Å². The first-order chi connectivity index (χ1) is 18.8. The number of rotatable bonds is 9. The lowest BCUT2D eigenvalue weighted by Gasteiger charge is -2.18. The van der Waals surface area contributed by atoms with Gasteiger partial charge >= 0.3 is 12.1 Å². The molecule has 1 N–H and O–H groups in total. The second-order valence-corrected chi connectivity index (χ2v) is 9.18. The monoisotopic (exact) mass is 539 g/mol. The second-order valence-electron chi connectivity index (χ2n) is 9.18. The molecule has 0 bridgehead atoms. The van der Waals surface area contributed by atoms with Crippen molar-refractivity contribution in [2.45, 2.75) is 31.5 Å². The highest BCUT2D eigenvalue weighted by Gasteiger charge is 2.37. The van der Waals surface area contributed by atoms with E-state index in [1.54, 1.807) is 11.0 Å². The molecule has 1 fully saturated rings. The van der Waals surface area contributed by atoms with Gasteiger partial charge in [-0.3, -0.25) is 4.79 Å². The minimum atomic E-state index is -4.59. The third-order valence-electron chi connectivity index (χ3n) is 6.53. The van der Waals surface area contributed by atoms with Crippen LogP contribution >= 0.6 is 0 Å². The van der Waals surface area contributed by atoms with Crippen molar-refractivity contribution in [1.29, 1.82) is 0 Å². The zero-order valence-electron chi connectivity index (χ0n) is 20.6. The number of hydrogen-bond donors (Lipinski definition) is 1. The summed E-state index contributed by atoms with van der Waals surface area (Å²) in [5.74, 6) is 0.00909. The summed E-state index contributed by atoms with van der Waals surface area (Å²) >= 11 is 0. The number of nitrogens with zero attached hydrogens (tertiary/aromatic N) is 5. The van der Waals surface area contributed by atoms with Crippen LogP contribution in [0.3, 0.4) is 0 Å². The molecular formula is C27H24F3N5O4. The lowest BCUT2D eigenvalue weighted by Crippen LogP contribution is -2.23. The SMILES string of the molecule is O=C(O)CC[C@H]1CN(c2nccc(C(F)(F)F)n2)C[C@H]1c1cccc(OCc2nc(-c3ccccc3)no2)c1. The Morgan fingerprint density at radius 3 is 2.67 bits per heavy atom. The van der Waals surface area contributed by atoms with Gasteiger partial charge in [-0.1, -0.05) is 47.6 Å². The Bertz CT molecular complexity index is 1430. The zero-order valence-corrected chi connectivity index (χ0v) is 20.6. The third kappa shape index (κ3) is 6.33. The summed E-state index contributed by atoms with van der Waals surface area (Å²) in [7, 11) is 0. The number of carbonyl (C=O) groups is 1. The highest BCUT2D eigenvalue weighted by atomic mass is 19.4. The normalized spacial score (nSPS) is 17.4. The standard InChI is InChI=1S/C27H24F3N5O4/c28-27(29,30)22-11-12-31-26(32-22)35-14-19(9-10-24(36)37)21(15-35)18-7-4-8-20(13-18)38-16-23-33-25(34-39-23)17-5-2-1-3-6-17/h1-8,11-13,19,21H,9-10,14-16H2,(H,36,37)/t19-,21-/m0/s1. The summed E-state index contributed by atoms with van der Waals surface area (Å²) in [6, 6.07) is 17.5. The van der Waals surface area contributed by atoms with Crippen molar-refractivity contribution in [2.75, 3.05) is 18.0 Å². The molecule has 2 atom stereocenters. The number of hydrogen-bond acceptors (Lipinski definition) is 8. The molecule has 3 heterocycles. The number of aliphatic carboxylic acids is 1. The number of anilines is 1. The Balaban J connectivity index is 1.31. The van der Waals surface area contributed by atoms with Crippen LogP contribution in [0.4, 0.5) is 19.1 Å². The van der Waals surface area contributed by atoms with E-state index in [0.29, 0.717) is 37.0 Å². The predicted molar refractivity (Wildman–Crippen MR) is 133 cm³/mol. The van der Waals surface area contributed by atoms with E-state index in [9.17, 15) is 23.1 Å². The number of aromatic nitrogens is 4. The van der Waals surface area contributed by atoms with Crippen LogP contribution in [-0.2, 0) is 17.6 Å². The first-order valence-electron chi connectivity index (χ1n) is 12.2. The molecule has 1 aliphatic heterocycles. The molecule has 12 heteroatoms. The van der Waals surface area contributed by atoms with Crippen LogP contribution in [0.25, 0.3) is 11.4 Å². The fourth-order valence-electron chi connectivity index (χ4n) is 4.67. The van der Waals surface area contributed by atoms with Gasteiger partial charge in [0.2, 0.25) is 11.8 Å². The quantitative estimate of drug-likeness (QED) is 0.306. The van der Waals surface area contributed by atoms with Gasteiger partial charge < -0.3 is 19.3 Å². The van der Waals surface area contributed by atoms with Crippen LogP contribution < -0.4 is 9.64 Å². The molecule has 0 aliphatic carbocycles. The third-order valence-corrected chi connectivity index (χ3v) is 6.53. The summed E-state index contributed by atoms with van der Waals surface area (Å²) in [5.41, 5.74) is 0.662. The Labute approximate surface area is 221 Å². The predicted octanol–water partition coefficient (Wildman–Crippen LogP) is 5.21. The molecule has 39 heavy (non-hydrogen) atoms. The fourth-order valence-corrected chi connectivity index (χ4v) is 4.67. The van der Waals surface area contributed by atoms with Crippen molar-refractivity contribution in [1.82, 2.24) is 20.1 Å². The van der Waals surface area contributed by atoms with E-state index in [4.69, 9.17) is 9.26 Å². The molecule has 0 unspecified atom stereocenters. The lowest BCUT2D eigenvalue weighted by atomic mass is 9.86. The summed E-state index contributed by atoms with van der Waals surface area (Å²) < 4.78 is 50.8. The first kappa shape index (κ1) is 26.1. The Morgan fingerprint density at radius 2 is 1.90 bits per heavy atom. The van der Waals surface area contributed by atoms with Gasteiger partial charge in [0, 0.05) is 37.2 Å². The number of carboxylic acid groups (broad SMARTS) is 1. The number of halogens is 3. The summed E-state index contributed by atoms with van der Waals surface area (Å²) in [6.45, 7) is 0.703. The van der Waals surface area contributed by atoms with Crippen LogP contribution in [0.15, 0.2) is 71.4 Å². The maximum atomic E-state index is 13.2. The number of ether oxygens (including phenoxy) is 1. The largest absolute Gasteiger partial charge is 0.484 e. The van der Waals surface area contributed by atoms with E-state index in [1.165, 1.54) is 0 Å². The van der Waals surface area contributed by atoms with Crippen LogP contribution in [0.1, 0.15) is 35.9 Å². The Hall–Kier alpha value is -4.48. The zero-order chi connectivity index (χ0) is 27.4. The average Bonchev–Trinajstić information content (AvgIpc) is 3.59. The van der Waals surface area contributed by atoms with Crippen molar-refractivity contribution in [3.63, 3.8) is 0 Å². The van der Waals surface area contributed by atoms with Gasteiger partial charge in [-0.05, 0) is 36.1 Å². The highest BCUT2D eigenvalue weighted by Crippen LogP contribution is 2.38. The molecule has 0 saturated carbocycles. The van der Waals surface area contributed by atoms with E-state index in [2.05, 4.69) is 20.1 Å². The molecule has 2 aromatic heterocycles. The Morgan fingerprint density at radius 1 is 1.08 bits per heavy atom. The second kappa shape index (κ2) is 11.1. The molecule has 4 aromatic rings. The maximum Gasteiger partial charge on any atom is 0.433 e. The van der Waals surface area contributed by atoms with Gasteiger partial charge in [-0.2, -0.15) is 18.2 Å². The van der Waals surface area contributed by atoms with Crippen LogP contribution in [0.2, 0.25) is 0 Å². The van der Waals surface area contributed by atoms with Gasteiger partial charge in [0.25, 0.3) is 5.89 Å². The molecular weight excluding hydrogens is 515 g/mol. The molecule has 5 rings (SSSR count). The molecule has 9 nitrogen and oxygen atoms in total. The molecule has 0 spiro atoms. The molecule has 2 aromatic carbocycles. The lowest BCUT2D eigenvalue weighted by molar-refractivity contribution is -0.141. The van der Waals surface area contributed by atoms with Crippen molar-refractivity contribution in [2.24, 2.45) is 5.92 Å². The molecule has 202 valence electrons. The summed E-state index contributed by atoms with van der Waals surface area (Å²) in [6.07, 6.45) is -3.22. The van der Waals surface area contributed by atoms with E-state index >= 15 is 0 Å². The van der Waals surface area contributed by atoms with Crippen molar-refractivity contribution < 1.29 is 32.3 Å². The van der Waals surface area contributed by atoms with Crippen molar-refractivity contribution in [3.8, 4) is 17.1 Å².